The minimum Gasteiger partial charge on any atom is -0.351 e. The van der Waals surface area contributed by atoms with Crippen molar-refractivity contribution in [3.8, 4) is 0 Å². The van der Waals surface area contributed by atoms with Crippen LogP contribution in [-0.2, 0) is 6.54 Å². The molecule has 1 N–H and O–H groups in total. The molecule has 1 aromatic carbocycles. The Morgan fingerprint density at radius 2 is 1.86 bits per heavy atom. The maximum absolute atomic E-state index is 12.0. The van der Waals surface area contributed by atoms with Gasteiger partial charge in [-0.1, -0.05) is 19.1 Å². The molecule has 4 nitrogen and oxygen atoms in total. The van der Waals surface area contributed by atoms with E-state index in [0.29, 0.717) is 6.54 Å². The SMILES string of the molecule is CC1CCN(Cc2ccc(C(=O)NCCN(C)C)cc2)CC1. The van der Waals surface area contributed by atoms with Crippen molar-refractivity contribution in [1.82, 2.24) is 15.1 Å². The van der Waals surface area contributed by atoms with E-state index in [1.807, 2.05) is 26.2 Å². The van der Waals surface area contributed by atoms with E-state index in [1.54, 1.807) is 0 Å². The molecule has 2 rings (SSSR count). The third kappa shape index (κ3) is 5.43. The second kappa shape index (κ2) is 8.30. The summed E-state index contributed by atoms with van der Waals surface area (Å²) in [6.45, 7) is 7.24. The van der Waals surface area contributed by atoms with Crippen LogP contribution in [0.3, 0.4) is 0 Å². The number of carbonyl (C=O) groups is 1. The van der Waals surface area contributed by atoms with Crippen molar-refractivity contribution in [2.45, 2.75) is 26.3 Å². The van der Waals surface area contributed by atoms with Gasteiger partial charge in [0.25, 0.3) is 5.91 Å². The summed E-state index contributed by atoms with van der Waals surface area (Å²) in [6, 6.07) is 8.04. The highest BCUT2D eigenvalue weighted by Gasteiger charge is 2.15. The van der Waals surface area contributed by atoms with Gasteiger partial charge in [-0.05, 0) is 63.6 Å². The average Bonchev–Trinajstić information content (AvgIpc) is 2.50. The molecule has 1 heterocycles. The van der Waals surface area contributed by atoms with E-state index in [4.69, 9.17) is 0 Å². The first-order valence-corrected chi connectivity index (χ1v) is 8.29. The largest absolute Gasteiger partial charge is 0.351 e. The molecule has 1 aliphatic heterocycles. The summed E-state index contributed by atoms with van der Waals surface area (Å²) in [6.07, 6.45) is 2.60. The normalized spacial score (nSPS) is 16.9. The number of carbonyl (C=O) groups excluding carboxylic acids is 1. The van der Waals surface area contributed by atoms with Crippen LogP contribution in [0.25, 0.3) is 0 Å². The van der Waals surface area contributed by atoms with Gasteiger partial charge in [-0.3, -0.25) is 9.69 Å². The van der Waals surface area contributed by atoms with Crippen LogP contribution in [-0.4, -0.2) is 56.0 Å². The summed E-state index contributed by atoms with van der Waals surface area (Å²) in [5.41, 5.74) is 2.04. The Balaban J connectivity index is 1.80. The standard InChI is InChI=1S/C18H29N3O/c1-15-8-11-21(12-9-15)14-16-4-6-17(7-5-16)18(22)19-10-13-20(2)3/h4-7,15H,8-14H2,1-3H3,(H,19,22). The minimum absolute atomic E-state index is 0.0141. The zero-order chi connectivity index (χ0) is 15.9. The quantitative estimate of drug-likeness (QED) is 0.875. The number of piperidine rings is 1. The molecule has 122 valence electrons. The molecule has 0 bridgehead atoms. The molecule has 0 aromatic heterocycles. The number of likely N-dealkylation sites (tertiary alicyclic amines) is 1. The molecule has 1 aliphatic rings. The first kappa shape index (κ1) is 17.0. The van der Waals surface area contributed by atoms with Crippen LogP contribution in [0.4, 0.5) is 0 Å². The number of rotatable bonds is 6. The highest BCUT2D eigenvalue weighted by molar-refractivity contribution is 5.94. The number of nitrogens with one attached hydrogen (secondary N) is 1. The Morgan fingerprint density at radius 3 is 2.45 bits per heavy atom. The van der Waals surface area contributed by atoms with Crippen molar-refractivity contribution in [3.05, 3.63) is 35.4 Å². The first-order valence-electron chi connectivity index (χ1n) is 8.29. The molecule has 1 amide bonds. The van der Waals surface area contributed by atoms with E-state index in [1.165, 1.54) is 31.5 Å². The molecule has 0 unspecified atom stereocenters. The number of benzene rings is 1. The average molecular weight is 303 g/mol. The van der Waals surface area contributed by atoms with E-state index >= 15 is 0 Å². The van der Waals surface area contributed by atoms with Gasteiger partial charge in [0.15, 0.2) is 0 Å². The number of hydrogen-bond acceptors (Lipinski definition) is 3. The van der Waals surface area contributed by atoms with Crippen LogP contribution in [0, 0.1) is 5.92 Å². The van der Waals surface area contributed by atoms with Gasteiger partial charge in [-0.2, -0.15) is 0 Å². The van der Waals surface area contributed by atoms with Crippen LogP contribution >= 0.6 is 0 Å². The van der Waals surface area contributed by atoms with Crippen LogP contribution in [0.5, 0.6) is 0 Å². The summed E-state index contributed by atoms with van der Waals surface area (Å²) in [7, 11) is 4.00. The first-order chi connectivity index (χ1) is 10.5. The van der Waals surface area contributed by atoms with E-state index in [2.05, 4.69) is 34.2 Å². The molecule has 1 fully saturated rings. The fourth-order valence-corrected chi connectivity index (χ4v) is 2.74. The highest BCUT2D eigenvalue weighted by Crippen LogP contribution is 2.18. The third-order valence-electron chi connectivity index (χ3n) is 4.34. The Morgan fingerprint density at radius 1 is 1.23 bits per heavy atom. The zero-order valence-electron chi connectivity index (χ0n) is 14.1. The summed E-state index contributed by atoms with van der Waals surface area (Å²) < 4.78 is 0. The minimum atomic E-state index is 0.0141. The van der Waals surface area contributed by atoms with Crippen molar-refractivity contribution in [3.63, 3.8) is 0 Å². The molecule has 22 heavy (non-hydrogen) atoms. The number of hydrogen-bond donors (Lipinski definition) is 1. The molecule has 1 aromatic rings. The summed E-state index contributed by atoms with van der Waals surface area (Å²) >= 11 is 0. The maximum atomic E-state index is 12.0. The molecular weight excluding hydrogens is 274 g/mol. The molecule has 0 spiro atoms. The summed E-state index contributed by atoms with van der Waals surface area (Å²) in [4.78, 5) is 16.6. The van der Waals surface area contributed by atoms with Crippen molar-refractivity contribution in [1.29, 1.82) is 0 Å². The molecule has 0 radical (unpaired) electrons. The molecule has 0 saturated carbocycles. The van der Waals surface area contributed by atoms with Crippen LogP contribution in [0.1, 0.15) is 35.7 Å². The van der Waals surface area contributed by atoms with Gasteiger partial charge in [0.1, 0.15) is 0 Å². The van der Waals surface area contributed by atoms with Crippen LogP contribution in [0.2, 0.25) is 0 Å². The van der Waals surface area contributed by atoms with E-state index in [-0.39, 0.29) is 5.91 Å². The predicted molar refractivity (Wildman–Crippen MR) is 91.0 cm³/mol. The van der Waals surface area contributed by atoms with Crippen LogP contribution in [0.15, 0.2) is 24.3 Å². The smallest absolute Gasteiger partial charge is 0.251 e. The lowest BCUT2D eigenvalue weighted by Crippen LogP contribution is -2.32. The maximum Gasteiger partial charge on any atom is 0.251 e. The van der Waals surface area contributed by atoms with Gasteiger partial charge in [-0.25, -0.2) is 0 Å². The monoisotopic (exact) mass is 303 g/mol. The van der Waals surface area contributed by atoms with Gasteiger partial charge in [-0.15, -0.1) is 0 Å². The summed E-state index contributed by atoms with van der Waals surface area (Å²) in [5.74, 6) is 0.879. The van der Waals surface area contributed by atoms with E-state index in [0.717, 1.165) is 24.6 Å². The second-order valence-corrected chi connectivity index (χ2v) is 6.71. The topological polar surface area (TPSA) is 35.6 Å². The predicted octanol–water partition coefficient (Wildman–Crippen LogP) is 2.21. The van der Waals surface area contributed by atoms with Gasteiger partial charge in [0.05, 0.1) is 0 Å². The van der Waals surface area contributed by atoms with Gasteiger partial charge < -0.3 is 10.2 Å². The van der Waals surface area contributed by atoms with Gasteiger partial charge >= 0.3 is 0 Å². The Hall–Kier alpha value is -1.39. The number of nitrogens with zero attached hydrogens (tertiary/aromatic N) is 2. The van der Waals surface area contributed by atoms with E-state index in [9.17, 15) is 4.79 Å². The van der Waals surface area contributed by atoms with Gasteiger partial charge in [0.2, 0.25) is 0 Å². The van der Waals surface area contributed by atoms with Crippen molar-refractivity contribution < 1.29 is 4.79 Å². The van der Waals surface area contributed by atoms with Gasteiger partial charge in [0, 0.05) is 25.2 Å². The lowest BCUT2D eigenvalue weighted by atomic mass is 9.99. The lowest BCUT2D eigenvalue weighted by molar-refractivity contribution is 0.0951. The van der Waals surface area contributed by atoms with Crippen molar-refractivity contribution >= 4 is 5.91 Å². The highest BCUT2D eigenvalue weighted by atomic mass is 16.1. The fourth-order valence-electron chi connectivity index (χ4n) is 2.74. The lowest BCUT2D eigenvalue weighted by Gasteiger charge is -2.30. The molecule has 4 heteroatoms. The fraction of sp³-hybridized carbons (Fsp3) is 0.611. The molecule has 0 aliphatic carbocycles. The molecule has 1 saturated heterocycles. The molecular formula is C18H29N3O. The van der Waals surface area contributed by atoms with Crippen molar-refractivity contribution in [2.24, 2.45) is 5.92 Å². The molecule has 0 atom stereocenters. The number of likely N-dealkylation sites (N-methyl/N-ethyl adjacent to an activating group) is 1. The Labute approximate surface area is 134 Å². The Kier molecular flexibility index (Phi) is 6.40. The third-order valence-corrected chi connectivity index (χ3v) is 4.34. The van der Waals surface area contributed by atoms with Crippen LogP contribution < -0.4 is 5.32 Å². The van der Waals surface area contributed by atoms with E-state index < -0.39 is 0 Å². The Bertz CT molecular complexity index is 462. The number of amides is 1. The summed E-state index contributed by atoms with van der Waals surface area (Å²) in [5, 5.41) is 2.94. The second-order valence-electron chi connectivity index (χ2n) is 6.71. The zero-order valence-corrected chi connectivity index (χ0v) is 14.1. The van der Waals surface area contributed by atoms with Crippen molar-refractivity contribution in [2.75, 3.05) is 40.3 Å².